The maximum absolute atomic E-state index is 6.91. The second kappa shape index (κ2) is 14.5. The summed E-state index contributed by atoms with van der Waals surface area (Å²) in [5.74, 6) is 3.60. The quantitative estimate of drug-likeness (QED) is 0.168. The summed E-state index contributed by atoms with van der Waals surface area (Å²) in [6.45, 7) is 0. The summed E-state index contributed by atoms with van der Waals surface area (Å²) in [7, 11) is 0. The van der Waals surface area contributed by atoms with Crippen molar-refractivity contribution in [3.8, 4) is 90.3 Å². The van der Waals surface area contributed by atoms with Crippen LogP contribution in [-0.4, -0.2) is 19.9 Å². The lowest BCUT2D eigenvalue weighted by atomic mass is 9.65. The Morgan fingerprint density at radius 1 is 0.306 bits per heavy atom. The fraction of sp³-hybridized carbons (Fsp3) is 0.0175. The summed E-state index contributed by atoms with van der Waals surface area (Å²) in [6.07, 6.45) is 1.84. The molecule has 0 saturated carbocycles. The van der Waals surface area contributed by atoms with Crippen LogP contribution in [0.25, 0.3) is 78.8 Å². The van der Waals surface area contributed by atoms with Gasteiger partial charge in [0.2, 0.25) is 0 Å². The molecule has 0 N–H and O–H groups in total. The van der Waals surface area contributed by atoms with Crippen LogP contribution in [0, 0.1) is 0 Å². The van der Waals surface area contributed by atoms with Gasteiger partial charge in [0.15, 0.2) is 17.5 Å². The highest BCUT2D eigenvalue weighted by molar-refractivity contribution is 5.90. The molecule has 0 bridgehead atoms. The van der Waals surface area contributed by atoms with Crippen LogP contribution in [0.4, 0.5) is 0 Å². The zero-order valence-corrected chi connectivity index (χ0v) is 33.5. The highest BCUT2D eigenvalue weighted by Gasteiger charge is 2.51. The lowest BCUT2D eigenvalue weighted by Crippen LogP contribution is -2.32. The first-order valence-electron chi connectivity index (χ1n) is 20.9. The van der Waals surface area contributed by atoms with Crippen molar-refractivity contribution >= 4 is 0 Å². The predicted octanol–water partition coefficient (Wildman–Crippen LogP) is 13.7. The molecule has 2 aliphatic rings. The van der Waals surface area contributed by atoms with Gasteiger partial charge < -0.3 is 4.74 Å². The Balaban J connectivity index is 0.997. The van der Waals surface area contributed by atoms with Gasteiger partial charge in [-0.3, -0.25) is 4.98 Å². The summed E-state index contributed by atoms with van der Waals surface area (Å²) in [5.41, 5.74) is 15.8. The second-order valence-electron chi connectivity index (χ2n) is 15.8. The third kappa shape index (κ3) is 5.78. The normalized spacial score (nSPS) is 12.8. The molecule has 1 aliphatic carbocycles. The summed E-state index contributed by atoms with van der Waals surface area (Å²) >= 11 is 0. The Labute approximate surface area is 359 Å². The van der Waals surface area contributed by atoms with Crippen molar-refractivity contribution in [1.82, 2.24) is 19.9 Å². The fourth-order valence-electron chi connectivity index (χ4n) is 9.40. The number of benzene rings is 8. The number of nitrogens with zero attached hydrogens (tertiary/aromatic N) is 4. The summed E-state index contributed by atoms with van der Waals surface area (Å²) in [5, 5.41) is 0. The highest BCUT2D eigenvalue weighted by atomic mass is 16.5. The summed E-state index contributed by atoms with van der Waals surface area (Å²) in [4.78, 5) is 19.5. The zero-order valence-electron chi connectivity index (χ0n) is 33.5. The lowest BCUT2D eigenvalue weighted by Gasteiger charge is -2.40. The van der Waals surface area contributed by atoms with Crippen LogP contribution in [0.15, 0.2) is 219 Å². The minimum atomic E-state index is -0.632. The molecule has 0 atom stereocenters. The number of fused-ring (bicyclic) bond motifs is 9. The van der Waals surface area contributed by atoms with Gasteiger partial charge in [0, 0.05) is 39.6 Å². The highest BCUT2D eigenvalue weighted by Crippen LogP contribution is 2.62. The molecule has 0 saturated heterocycles. The van der Waals surface area contributed by atoms with Gasteiger partial charge in [0.25, 0.3) is 0 Å². The van der Waals surface area contributed by atoms with E-state index in [-0.39, 0.29) is 0 Å². The molecule has 5 heteroatoms. The van der Waals surface area contributed by atoms with E-state index >= 15 is 0 Å². The molecule has 0 radical (unpaired) electrons. The molecule has 2 aromatic heterocycles. The Bertz CT molecular complexity index is 3210. The second-order valence-corrected chi connectivity index (χ2v) is 15.8. The molecule has 1 aliphatic heterocycles. The van der Waals surface area contributed by atoms with E-state index in [2.05, 4.69) is 145 Å². The van der Waals surface area contributed by atoms with Gasteiger partial charge in [-0.2, -0.15) is 0 Å². The minimum Gasteiger partial charge on any atom is -0.457 e. The number of ether oxygens (including phenoxy) is 1. The van der Waals surface area contributed by atoms with E-state index in [1.54, 1.807) is 0 Å². The maximum atomic E-state index is 6.91. The van der Waals surface area contributed by atoms with Crippen LogP contribution in [-0.2, 0) is 5.41 Å². The van der Waals surface area contributed by atoms with Gasteiger partial charge in [0.1, 0.15) is 11.5 Å². The van der Waals surface area contributed by atoms with Gasteiger partial charge in [0.05, 0.1) is 11.1 Å². The molecule has 62 heavy (non-hydrogen) atoms. The molecule has 1 spiro atoms. The molecule has 10 aromatic rings. The van der Waals surface area contributed by atoms with Crippen LogP contribution in [0.5, 0.6) is 11.5 Å². The largest absolute Gasteiger partial charge is 0.457 e. The van der Waals surface area contributed by atoms with Crippen LogP contribution >= 0.6 is 0 Å². The molecule has 3 heterocycles. The van der Waals surface area contributed by atoms with Gasteiger partial charge >= 0.3 is 0 Å². The Kier molecular flexibility index (Phi) is 8.32. The van der Waals surface area contributed by atoms with E-state index in [9.17, 15) is 0 Å². The van der Waals surface area contributed by atoms with Crippen LogP contribution in [0.3, 0.4) is 0 Å². The molecule has 12 rings (SSSR count). The van der Waals surface area contributed by atoms with Gasteiger partial charge in [-0.05, 0) is 87.0 Å². The van der Waals surface area contributed by atoms with E-state index in [1.807, 2.05) is 79.0 Å². The van der Waals surface area contributed by atoms with Crippen molar-refractivity contribution in [2.24, 2.45) is 0 Å². The SMILES string of the molecule is c1ccc(-c2nc(-c3ccccc3)nc(-c3ccc(-c4ccc5c(c4)C4(c6cc(-c7cccc(-c8ccccn8)c7)ccc6O5)c5ccccc5-c5ccccc54)cc3)n2)cc1. The monoisotopic (exact) mass is 792 g/mol. The Morgan fingerprint density at radius 2 is 0.742 bits per heavy atom. The Morgan fingerprint density at radius 3 is 1.31 bits per heavy atom. The molecule has 5 nitrogen and oxygen atoms in total. The van der Waals surface area contributed by atoms with Crippen LogP contribution in [0.2, 0.25) is 0 Å². The van der Waals surface area contributed by atoms with E-state index in [4.69, 9.17) is 19.7 Å². The van der Waals surface area contributed by atoms with Crippen molar-refractivity contribution in [1.29, 1.82) is 0 Å². The average molecular weight is 793 g/mol. The van der Waals surface area contributed by atoms with Crippen molar-refractivity contribution in [2.45, 2.75) is 5.41 Å². The van der Waals surface area contributed by atoms with Crippen LogP contribution < -0.4 is 4.74 Å². The van der Waals surface area contributed by atoms with Gasteiger partial charge in [-0.25, -0.2) is 15.0 Å². The first-order valence-corrected chi connectivity index (χ1v) is 20.9. The van der Waals surface area contributed by atoms with E-state index in [1.165, 1.54) is 22.3 Å². The van der Waals surface area contributed by atoms with E-state index in [0.717, 1.165) is 72.8 Å². The first-order chi connectivity index (χ1) is 30.7. The van der Waals surface area contributed by atoms with Crippen molar-refractivity contribution < 1.29 is 4.74 Å². The topological polar surface area (TPSA) is 60.8 Å². The van der Waals surface area contributed by atoms with E-state index < -0.39 is 5.41 Å². The Hall–Kier alpha value is -8.28. The number of rotatable bonds is 6. The summed E-state index contributed by atoms with van der Waals surface area (Å²) in [6, 6.07) is 74.4. The molecule has 0 unspecified atom stereocenters. The van der Waals surface area contributed by atoms with Crippen molar-refractivity contribution in [2.75, 3.05) is 0 Å². The standard InChI is InChI=1S/C57H36N4O/c1-3-14-38(15-4-1)54-59-55(39-16-5-2-6-17-39)61-56(60-54)40-27-25-37(26-28-40)42-29-31-52-49(35-42)57(47-22-9-7-20-45(47)46-21-8-10-23-48(46)57)50-36-43(30-32-53(50)62-52)41-18-13-19-44(34-41)51-24-11-12-33-58-51/h1-36H. The molecular weight excluding hydrogens is 757 g/mol. The maximum Gasteiger partial charge on any atom is 0.164 e. The zero-order chi connectivity index (χ0) is 41.0. The fourth-order valence-corrected chi connectivity index (χ4v) is 9.40. The minimum absolute atomic E-state index is 0.624. The van der Waals surface area contributed by atoms with Gasteiger partial charge in [-0.1, -0.05) is 170 Å². The molecule has 0 amide bonds. The first kappa shape index (κ1) is 35.6. The molecule has 8 aromatic carbocycles. The van der Waals surface area contributed by atoms with Crippen molar-refractivity contribution in [3.05, 3.63) is 241 Å². The third-order valence-corrected chi connectivity index (χ3v) is 12.3. The number of hydrogen-bond donors (Lipinski definition) is 0. The van der Waals surface area contributed by atoms with E-state index in [0.29, 0.717) is 17.5 Å². The molecule has 0 fully saturated rings. The van der Waals surface area contributed by atoms with Crippen LogP contribution in [0.1, 0.15) is 22.3 Å². The van der Waals surface area contributed by atoms with Gasteiger partial charge in [-0.15, -0.1) is 0 Å². The predicted molar refractivity (Wildman–Crippen MR) is 248 cm³/mol. The number of hydrogen-bond acceptors (Lipinski definition) is 5. The number of aromatic nitrogens is 4. The molecule has 290 valence electrons. The summed E-state index contributed by atoms with van der Waals surface area (Å²) < 4.78 is 6.91. The van der Waals surface area contributed by atoms with Crippen molar-refractivity contribution in [3.63, 3.8) is 0 Å². The molecular formula is C57H36N4O. The average Bonchev–Trinajstić information content (AvgIpc) is 3.65. The number of pyridine rings is 1. The lowest BCUT2D eigenvalue weighted by molar-refractivity contribution is 0.436. The smallest absolute Gasteiger partial charge is 0.164 e. The third-order valence-electron chi connectivity index (χ3n) is 12.3.